The van der Waals surface area contributed by atoms with Crippen LogP contribution in [0.3, 0.4) is 0 Å². The normalized spacial score (nSPS) is 10.8. The first-order valence-electron chi connectivity index (χ1n) is 43.1. The van der Waals surface area contributed by atoms with E-state index in [1.54, 1.807) is 95.0 Å². The molecule has 4 amide bonds. The number of hydrogen-bond donors (Lipinski definition) is 5. The molecule has 28 nitrogen and oxygen atoms in total. The molecule has 0 bridgehead atoms. The van der Waals surface area contributed by atoms with Crippen LogP contribution in [0.2, 0.25) is 0 Å². The molecule has 674 valence electrons. The second-order valence-electron chi connectivity index (χ2n) is 30.0. The minimum absolute atomic E-state index is 0.0274. The first kappa shape index (κ1) is 94.8. The van der Waals surface area contributed by atoms with E-state index >= 15 is 0 Å². The fourth-order valence-electron chi connectivity index (χ4n) is 15.3. The number of anilines is 4. The van der Waals surface area contributed by atoms with Crippen LogP contribution in [0, 0.1) is 104 Å². The van der Waals surface area contributed by atoms with Gasteiger partial charge in [-0.15, -0.1) is 0 Å². The lowest BCUT2D eigenvalue weighted by Crippen LogP contribution is -2.27. The highest BCUT2D eigenvalue weighted by atomic mass is 16.5. The number of H-pyrrole nitrogens is 1. The molecule has 7 heterocycles. The maximum absolute atomic E-state index is 11.9. The van der Waals surface area contributed by atoms with Crippen molar-refractivity contribution >= 4 is 101 Å². The van der Waals surface area contributed by atoms with E-state index in [1.807, 2.05) is 206 Å². The van der Waals surface area contributed by atoms with Gasteiger partial charge in [0.2, 0.25) is 17.6 Å². The summed E-state index contributed by atoms with van der Waals surface area (Å²) < 4.78 is 44.7. The predicted molar refractivity (Wildman–Crippen MR) is 523 cm³/mol. The number of nitrogens with one attached hydrogen (secondary N) is 4. The number of benzene rings is 10. The summed E-state index contributed by atoms with van der Waals surface area (Å²) in [6.07, 6.45) is 0.435. The molecule has 17 rings (SSSR count). The van der Waals surface area contributed by atoms with E-state index in [2.05, 4.69) is 113 Å². The van der Waals surface area contributed by atoms with Crippen molar-refractivity contribution in [3.05, 3.63) is 291 Å². The molecule has 1 fully saturated rings. The van der Waals surface area contributed by atoms with E-state index in [0.717, 1.165) is 118 Å². The average molecular weight is 1800 g/mol. The monoisotopic (exact) mass is 1800 g/mol. The van der Waals surface area contributed by atoms with E-state index in [9.17, 15) is 45.5 Å². The topological polar surface area (TPSA) is 382 Å². The van der Waals surface area contributed by atoms with Crippen LogP contribution in [-0.2, 0) is 40.5 Å². The third-order valence-electron chi connectivity index (χ3n) is 22.0. The number of carbonyl (C=O) groups excluding carboxylic acids is 4. The minimum atomic E-state index is -0.457. The molecule has 1 saturated heterocycles. The third-order valence-corrected chi connectivity index (χ3v) is 22.0. The van der Waals surface area contributed by atoms with Crippen LogP contribution in [0.4, 0.5) is 27.5 Å². The van der Waals surface area contributed by atoms with Crippen molar-refractivity contribution in [3.63, 3.8) is 0 Å². The lowest BCUT2D eigenvalue weighted by atomic mass is 10.1. The van der Waals surface area contributed by atoms with Crippen LogP contribution >= 0.6 is 0 Å². The standard InChI is InChI=1S/C23H20N4O2.C23H21N3O2.C22H19N3O2.C20H14N4O4.C20H17N3O/c1-3-26-21(20(15-24)19-9-8-18(29-2)14-22(19)26)10-7-16-5-4-6-17(13-16)27-12-11-25-23(27)28;1-4-23(27)25-17-9-6-16(7-10-17)8-12-22-20(15-24)19-14-18(28-3)11-13-21(19)26(22)5-2;1-4-25-21-12-10-18(27-3)13-19(21)20(14-23)22(25)11-7-16-5-8-17(9-6-16)24-15(2)26;1-26-13-6-7-14-15(10-21)17(22-16(14)9-13)19-23-18(24-28-19)11-4-3-5-12(8-11)20(25)27-2;1-3-23-19-11-9-16(24-2)12-17(19)18(13-21)20(23)10-6-14-4-7-15(22)8-5-14/h4-6,8-9,13-14H,3,11-12H2,1-2H3,(H,25,28);6-7,9-11,13-14H,4-5H2,1-3H3,(H,25,27);5-6,8-10,12-13H,4H2,1-3H3,(H,24,26);3-9,22H,1-2H3;4-5,7-9,11-12H,3,22H2,1-2H3. The van der Waals surface area contributed by atoms with Gasteiger partial charge >= 0.3 is 12.0 Å². The number of fused-ring (bicyclic) bond motifs is 5. The summed E-state index contributed by atoms with van der Waals surface area (Å²) in [5.74, 6) is 28.6. The number of aromatic amines is 1. The number of carbonyl (C=O) groups is 4. The van der Waals surface area contributed by atoms with E-state index in [4.69, 9.17) is 38.7 Å². The van der Waals surface area contributed by atoms with Crippen molar-refractivity contribution in [3.8, 4) is 129 Å². The van der Waals surface area contributed by atoms with Crippen LogP contribution in [0.25, 0.3) is 77.5 Å². The van der Waals surface area contributed by atoms with Crippen molar-refractivity contribution in [1.82, 2.24) is 38.7 Å². The highest BCUT2D eigenvalue weighted by Crippen LogP contribution is 2.37. The molecule has 0 atom stereocenters. The van der Waals surface area contributed by atoms with Gasteiger partial charge in [-0.05, 0) is 233 Å². The van der Waals surface area contributed by atoms with E-state index < -0.39 is 5.97 Å². The summed E-state index contributed by atoms with van der Waals surface area (Å²) >= 11 is 0. The summed E-state index contributed by atoms with van der Waals surface area (Å²) in [4.78, 5) is 55.4. The van der Waals surface area contributed by atoms with Crippen LogP contribution in [-0.4, -0.2) is 113 Å². The second kappa shape index (κ2) is 44.0. The SMILES string of the molecule is CCC(=O)Nc1ccc(C#Cc2c(C#N)c3cc(OC)ccc3n2CC)cc1.CCn1c(C#Cc2ccc(N)cc2)c(C#N)c2cc(OC)ccc21.CCn1c(C#Cc2ccc(NC(C)=O)cc2)c(C#N)c2cc(OC)ccc21.CCn1c(C#Cc2cccc(N3CCNC3=O)c2)c(C#N)c2ccc(OC)cc21.COC(=O)c1cccc(-c2noc(-c3[nH]c4cc(OC)ccc4c3C#N)n2)c1. The number of methoxy groups -OCH3 is 6. The molecular formula is C108H91N17O11. The molecule has 1 aliphatic heterocycles. The van der Waals surface area contributed by atoms with Gasteiger partial charge in [0.25, 0.3) is 5.89 Å². The number of rotatable bonds is 16. The number of aromatic nitrogens is 7. The van der Waals surface area contributed by atoms with Crippen LogP contribution in [0.15, 0.2) is 217 Å². The molecule has 6 aromatic heterocycles. The van der Waals surface area contributed by atoms with Gasteiger partial charge in [0.1, 0.15) is 87.6 Å². The van der Waals surface area contributed by atoms with Crippen molar-refractivity contribution in [2.75, 3.05) is 77.0 Å². The fraction of sp³-hybridized carbons (Fsp3) is 0.176. The third kappa shape index (κ3) is 21.0. The van der Waals surface area contributed by atoms with E-state index in [1.165, 1.54) is 14.0 Å². The molecule has 136 heavy (non-hydrogen) atoms. The Labute approximate surface area is 785 Å². The number of nitrogens with zero attached hydrogens (tertiary/aromatic N) is 12. The number of urea groups is 1. The molecule has 1 aliphatic rings. The molecule has 0 spiro atoms. The molecule has 28 heteroatoms. The quantitative estimate of drug-likeness (QED) is 0.0341. The van der Waals surface area contributed by atoms with Crippen LogP contribution in [0.5, 0.6) is 28.7 Å². The molecule has 0 unspecified atom stereocenters. The molecule has 0 radical (unpaired) electrons. The summed E-state index contributed by atoms with van der Waals surface area (Å²) in [7, 11) is 9.34. The molecule has 10 aromatic carbocycles. The zero-order chi connectivity index (χ0) is 96.6. The number of hydrogen-bond acceptors (Lipinski definition) is 19. The number of ether oxygens (including phenoxy) is 6. The highest BCUT2D eigenvalue weighted by molar-refractivity contribution is 5.98. The highest BCUT2D eigenvalue weighted by Gasteiger charge is 2.25. The number of esters is 1. The Morgan fingerprint density at radius 2 is 0.875 bits per heavy atom. The first-order chi connectivity index (χ1) is 66.1. The van der Waals surface area contributed by atoms with Crippen molar-refractivity contribution in [2.45, 2.75) is 74.1 Å². The van der Waals surface area contributed by atoms with Crippen LogP contribution in [0.1, 0.15) is 131 Å². The summed E-state index contributed by atoms with van der Waals surface area (Å²) in [6, 6.07) is 75.7. The van der Waals surface area contributed by atoms with Gasteiger partial charge in [0.05, 0.1) is 104 Å². The smallest absolute Gasteiger partial charge is 0.337 e. The van der Waals surface area contributed by atoms with Gasteiger partial charge < -0.3 is 77.9 Å². The fourth-order valence-corrected chi connectivity index (χ4v) is 15.3. The Hall–Kier alpha value is -18.8. The summed E-state index contributed by atoms with van der Waals surface area (Å²) in [5, 5.41) is 64.8. The zero-order valence-corrected chi connectivity index (χ0v) is 76.6. The number of amides is 4. The lowest BCUT2D eigenvalue weighted by molar-refractivity contribution is -0.116. The van der Waals surface area contributed by atoms with Gasteiger partial charge in [-0.2, -0.15) is 31.3 Å². The zero-order valence-electron chi connectivity index (χ0n) is 76.6. The summed E-state index contributed by atoms with van der Waals surface area (Å²) in [6.45, 7) is 15.5. The Morgan fingerprint density at radius 3 is 1.32 bits per heavy atom. The molecular weight excluding hydrogens is 1710 g/mol. The number of nitrogen functional groups attached to an aromatic ring is 1. The maximum atomic E-state index is 11.9. The molecule has 6 N–H and O–H groups in total. The van der Waals surface area contributed by atoms with Crippen molar-refractivity contribution < 1.29 is 52.1 Å². The Kier molecular flexibility index (Phi) is 30.7. The molecule has 0 saturated carbocycles. The van der Waals surface area contributed by atoms with Gasteiger partial charge in [0.15, 0.2) is 0 Å². The molecule has 0 aliphatic carbocycles. The van der Waals surface area contributed by atoms with E-state index in [-0.39, 0.29) is 23.7 Å². The Morgan fingerprint density at radius 1 is 0.449 bits per heavy atom. The van der Waals surface area contributed by atoms with Crippen molar-refractivity contribution in [1.29, 1.82) is 26.3 Å². The Balaban J connectivity index is 0.000000144. The van der Waals surface area contributed by atoms with Gasteiger partial charge in [-0.1, -0.05) is 54.0 Å². The Bertz CT molecular complexity index is 7800. The van der Waals surface area contributed by atoms with Gasteiger partial charge in [-0.25, -0.2) is 9.59 Å². The second-order valence-corrected chi connectivity index (χ2v) is 30.0. The largest absolute Gasteiger partial charge is 0.497 e. The number of nitrogens with two attached hydrogens (primary N) is 1. The number of nitriles is 5. The van der Waals surface area contributed by atoms with Gasteiger partial charge in [-0.3, -0.25) is 14.5 Å². The maximum Gasteiger partial charge on any atom is 0.337 e. The van der Waals surface area contributed by atoms with Crippen LogP contribution < -0.4 is 50.3 Å². The lowest BCUT2D eigenvalue weighted by Gasteiger charge is -2.14. The average Bonchev–Trinajstić information content (AvgIpc) is 1.70. The predicted octanol–water partition coefficient (Wildman–Crippen LogP) is 18.7. The molecule has 16 aromatic rings. The number of aryl methyl sites for hydroxylation is 4. The minimum Gasteiger partial charge on any atom is -0.497 e. The van der Waals surface area contributed by atoms with Gasteiger partial charge in [0, 0.05) is 142 Å². The first-order valence-corrected chi connectivity index (χ1v) is 43.1. The van der Waals surface area contributed by atoms with Crippen molar-refractivity contribution in [2.24, 2.45) is 0 Å². The van der Waals surface area contributed by atoms with E-state index in [0.29, 0.717) is 130 Å². The summed E-state index contributed by atoms with van der Waals surface area (Å²) in [5.41, 5.74) is 23.3.